The van der Waals surface area contributed by atoms with E-state index in [0.717, 1.165) is 5.56 Å². The van der Waals surface area contributed by atoms with E-state index < -0.39 is 12.0 Å². The lowest BCUT2D eigenvalue weighted by Gasteiger charge is -2.03. The van der Waals surface area contributed by atoms with Gasteiger partial charge in [0.1, 0.15) is 6.29 Å². The van der Waals surface area contributed by atoms with Crippen LogP contribution >= 0.6 is 0 Å². The summed E-state index contributed by atoms with van der Waals surface area (Å²) in [7, 11) is 0. The van der Waals surface area contributed by atoms with Crippen LogP contribution in [0.15, 0.2) is 24.3 Å². The molecule has 3 N–H and O–H groups in total. The minimum atomic E-state index is -0.962. The number of rotatable bonds is 4. The Balaban J connectivity index is 0.00000106. The molecule has 0 aliphatic heterocycles. The minimum Gasteiger partial charge on any atom is -0.478 e. The van der Waals surface area contributed by atoms with Gasteiger partial charge >= 0.3 is 5.97 Å². The molecule has 4 nitrogen and oxygen atoms in total. The van der Waals surface area contributed by atoms with Gasteiger partial charge in [0.15, 0.2) is 0 Å². The van der Waals surface area contributed by atoms with Crippen LogP contribution in [0.3, 0.4) is 0 Å². The molecule has 0 radical (unpaired) electrons. The van der Waals surface area contributed by atoms with E-state index in [4.69, 9.17) is 10.8 Å². The largest absolute Gasteiger partial charge is 0.478 e. The molecule has 0 aliphatic carbocycles. The van der Waals surface area contributed by atoms with Crippen LogP contribution in [0.1, 0.15) is 29.8 Å². The lowest BCUT2D eigenvalue weighted by atomic mass is 10.1. The third-order valence-corrected chi connectivity index (χ3v) is 1.85. The van der Waals surface area contributed by atoms with Crippen molar-refractivity contribution in [1.29, 1.82) is 0 Å². The number of hydrogen-bond donors (Lipinski definition) is 2. The number of carboxylic acid groups (broad SMARTS) is 1. The Morgan fingerprint density at radius 1 is 1.38 bits per heavy atom. The Morgan fingerprint density at radius 2 is 1.88 bits per heavy atom. The molecule has 1 atom stereocenters. The summed E-state index contributed by atoms with van der Waals surface area (Å²) >= 11 is 0. The molecule has 0 spiro atoms. The van der Waals surface area contributed by atoms with E-state index in [9.17, 15) is 9.59 Å². The van der Waals surface area contributed by atoms with E-state index in [1.807, 2.05) is 13.8 Å². The lowest BCUT2D eigenvalue weighted by molar-refractivity contribution is -0.108. The van der Waals surface area contributed by atoms with Crippen LogP contribution in [0.25, 0.3) is 0 Å². The number of carbonyl (C=O) groups excluding carboxylic acids is 1. The second kappa shape index (κ2) is 7.59. The van der Waals surface area contributed by atoms with Gasteiger partial charge in [0, 0.05) is 0 Å². The molecule has 0 fully saturated rings. The summed E-state index contributed by atoms with van der Waals surface area (Å²) in [5, 5.41) is 8.62. The van der Waals surface area contributed by atoms with Crippen molar-refractivity contribution in [2.75, 3.05) is 0 Å². The zero-order valence-electron chi connectivity index (χ0n) is 9.51. The molecule has 16 heavy (non-hydrogen) atoms. The smallest absolute Gasteiger partial charge is 0.335 e. The molecule has 0 heterocycles. The second-order valence-electron chi connectivity index (χ2n) is 3.01. The van der Waals surface area contributed by atoms with Crippen LogP contribution in [0, 0.1) is 0 Å². The van der Waals surface area contributed by atoms with Gasteiger partial charge in [-0.2, -0.15) is 0 Å². The van der Waals surface area contributed by atoms with Gasteiger partial charge in [0.2, 0.25) is 0 Å². The summed E-state index contributed by atoms with van der Waals surface area (Å²) in [4.78, 5) is 20.8. The monoisotopic (exact) mass is 223 g/mol. The Kier molecular flexibility index (Phi) is 6.79. The summed E-state index contributed by atoms with van der Waals surface area (Å²) in [5.74, 6) is -0.962. The topological polar surface area (TPSA) is 80.4 Å². The molecular formula is C12H17NO3. The summed E-state index contributed by atoms with van der Waals surface area (Å²) < 4.78 is 0. The summed E-state index contributed by atoms with van der Waals surface area (Å²) in [6.45, 7) is 4.00. The highest BCUT2D eigenvalue weighted by Gasteiger charge is 2.04. The summed E-state index contributed by atoms with van der Waals surface area (Å²) in [5.41, 5.74) is 6.50. The predicted octanol–water partition coefficient (Wildman–Crippen LogP) is 1.48. The van der Waals surface area contributed by atoms with E-state index in [2.05, 4.69) is 0 Å². The molecule has 0 saturated carbocycles. The number of benzene rings is 1. The maximum Gasteiger partial charge on any atom is 0.335 e. The molecule has 0 unspecified atom stereocenters. The Labute approximate surface area is 95.1 Å². The first-order valence-electron chi connectivity index (χ1n) is 5.16. The molecular weight excluding hydrogens is 206 g/mol. The Bertz CT molecular complexity index is 333. The first-order chi connectivity index (χ1) is 7.63. The maximum absolute atomic E-state index is 10.5. The highest BCUT2D eigenvalue weighted by atomic mass is 16.4. The fourth-order valence-corrected chi connectivity index (χ4v) is 1.10. The van der Waals surface area contributed by atoms with Crippen molar-refractivity contribution in [3.63, 3.8) is 0 Å². The first-order valence-corrected chi connectivity index (χ1v) is 5.16. The highest BCUT2D eigenvalue weighted by molar-refractivity contribution is 5.87. The van der Waals surface area contributed by atoms with Crippen molar-refractivity contribution < 1.29 is 14.7 Å². The van der Waals surface area contributed by atoms with E-state index in [1.165, 1.54) is 12.1 Å². The molecule has 0 aliphatic rings. The van der Waals surface area contributed by atoms with Gasteiger partial charge in [0.25, 0.3) is 0 Å². The van der Waals surface area contributed by atoms with Crippen molar-refractivity contribution in [3.05, 3.63) is 35.4 Å². The standard InChI is InChI=1S/C10H11NO3.C2H6/c11-9(6-12)5-7-1-3-8(4-2-7)10(13)14;1-2/h1-4,6,9H,5,11H2,(H,13,14);1-2H3/t9-;/m0./s1. The molecule has 1 aromatic carbocycles. The summed E-state index contributed by atoms with van der Waals surface area (Å²) in [6, 6.07) is 5.79. The van der Waals surface area contributed by atoms with E-state index in [0.29, 0.717) is 12.7 Å². The van der Waals surface area contributed by atoms with E-state index >= 15 is 0 Å². The predicted molar refractivity (Wildman–Crippen MR) is 62.5 cm³/mol. The third-order valence-electron chi connectivity index (χ3n) is 1.85. The number of aldehydes is 1. The van der Waals surface area contributed by atoms with Crippen LogP contribution in [0.2, 0.25) is 0 Å². The number of carboxylic acids is 1. The van der Waals surface area contributed by atoms with Gasteiger partial charge in [-0.25, -0.2) is 4.79 Å². The average Bonchev–Trinajstić information content (AvgIpc) is 2.32. The van der Waals surface area contributed by atoms with Crippen LogP contribution in [0.4, 0.5) is 0 Å². The second-order valence-corrected chi connectivity index (χ2v) is 3.01. The van der Waals surface area contributed by atoms with Crippen LogP contribution in [-0.2, 0) is 11.2 Å². The Morgan fingerprint density at radius 3 is 2.25 bits per heavy atom. The quantitative estimate of drug-likeness (QED) is 0.757. The van der Waals surface area contributed by atoms with Gasteiger partial charge in [-0.3, -0.25) is 0 Å². The lowest BCUT2D eigenvalue weighted by Crippen LogP contribution is -2.24. The van der Waals surface area contributed by atoms with Crippen LogP contribution < -0.4 is 5.73 Å². The van der Waals surface area contributed by atoms with Crippen LogP contribution in [-0.4, -0.2) is 23.4 Å². The minimum absolute atomic E-state index is 0.230. The highest BCUT2D eigenvalue weighted by Crippen LogP contribution is 2.05. The summed E-state index contributed by atoms with van der Waals surface area (Å²) in [6.07, 6.45) is 1.11. The number of nitrogens with two attached hydrogens (primary N) is 1. The molecule has 1 aromatic rings. The third kappa shape index (κ3) is 4.70. The van der Waals surface area contributed by atoms with Crippen molar-refractivity contribution in [2.24, 2.45) is 5.73 Å². The molecule has 1 rings (SSSR count). The molecule has 88 valence electrons. The van der Waals surface area contributed by atoms with Crippen molar-refractivity contribution in [1.82, 2.24) is 0 Å². The van der Waals surface area contributed by atoms with Gasteiger partial charge in [-0.05, 0) is 24.1 Å². The van der Waals surface area contributed by atoms with Crippen LogP contribution in [0.5, 0.6) is 0 Å². The van der Waals surface area contributed by atoms with Gasteiger partial charge in [-0.15, -0.1) is 0 Å². The zero-order valence-corrected chi connectivity index (χ0v) is 9.51. The molecule has 0 saturated heterocycles. The fourth-order valence-electron chi connectivity index (χ4n) is 1.10. The average molecular weight is 223 g/mol. The molecule has 0 aromatic heterocycles. The number of hydrogen-bond acceptors (Lipinski definition) is 3. The number of carbonyl (C=O) groups is 2. The van der Waals surface area contributed by atoms with E-state index in [1.54, 1.807) is 12.1 Å². The van der Waals surface area contributed by atoms with Crippen molar-refractivity contribution in [2.45, 2.75) is 26.3 Å². The molecule has 0 bridgehead atoms. The molecule has 4 heteroatoms. The van der Waals surface area contributed by atoms with Crippen molar-refractivity contribution >= 4 is 12.3 Å². The van der Waals surface area contributed by atoms with Gasteiger partial charge < -0.3 is 15.6 Å². The van der Waals surface area contributed by atoms with E-state index in [-0.39, 0.29) is 5.56 Å². The normalized spacial score (nSPS) is 10.9. The zero-order chi connectivity index (χ0) is 12.6. The van der Waals surface area contributed by atoms with Crippen molar-refractivity contribution in [3.8, 4) is 0 Å². The maximum atomic E-state index is 10.5. The SMILES string of the molecule is CC.N[C@H](C=O)Cc1ccc(C(=O)O)cc1. The Hall–Kier alpha value is -1.68. The molecule has 0 amide bonds. The van der Waals surface area contributed by atoms with Gasteiger partial charge in [-0.1, -0.05) is 26.0 Å². The van der Waals surface area contributed by atoms with Gasteiger partial charge in [0.05, 0.1) is 11.6 Å². The first kappa shape index (κ1) is 14.3. The fraction of sp³-hybridized carbons (Fsp3) is 0.333. The number of aromatic carboxylic acids is 1.